The topological polar surface area (TPSA) is 84.5 Å². The molecule has 0 spiro atoms. The van der Waals surface area contributed by atoms with Gasteiger partial charge in [0.25, 0.3) is 0 Å². The number of rotatable bonds is 9. The number of hydrogen-bond acceptors (Lipinski definition) is 4. The Morgan fingerprint density at radius 3 is 2.33 bits per heavy atom. The number of amides is 1. The molecule has 0 aliphatic carbocycles. The number of anilines is 1. The van der Waals surface area contributed by atoms with Crippen LogP contribution < -0.4 is 14.8 Å². The lowest BCUT2D eigenvalue weighted by Gasteiger charge is -2.25. The molecule has 0 aliphatic heterocycles. The minimum Gasteiger partial charge on any atom is -0.490 e. The van der Waals surface area contributed by atoms with Gasteiger partial charge in [-0.2, -0.15) is 4.72 Å². The lowest BCUT2D eigenvalue weighted by atomic mass is 10.1. The largest absolute Gasteiger partial charge is 0.490 e. The highest BCUT2D eigenvalue weighted by molar-refractivity contribution is 7.88. The first-order valence-electron chi connectivity index (χ1n) is 8.43. The molecule has 144 valence electrons. The van der Waals surface area contributed by atoms with Gasteiger partial charge in [-0.3, -0.25) is 4.79 Å². The normalized spacial score (nSPS) is 11.6. The first-order valence-corrected chi connectivity index (χ1v) is 10.1. The van der Waals surface area contributed by atoms with E-state index >= 15 is 0 Å². The molecule has 1 amide bonds. The minimum atomic E-state index is -3.69. The zero-order valence-corrected chi connectivity index (χ0v) is 16.3. The van der Waals surface area contributed by atoms with E-state index in [9.17, 15) is 13.2 Å². The first-order chi connectivity index (χ1) is 12.7. The fraction of sp³-hybridized carbons (Fsp3) is 0.250. The highest BCUT2D eigenvalue weighted by Gasteiger charge is 2.32. The molecule has 6 nitrogen and oxygen atoms in total. The Balaban J connectivity index is 2.00. The molecule has 0 fully saturated rings. The maximum atomic E-state index is 12.5. The fourth-order valence-corrected chi connectivity index (χ4v) is 3.92. The average Bonchev–Trinajstić information content (AvgIpc) is 2.60. The van der Waals surface area contributed by atoms with Gasteiger partial charge >= 0.3 is 0 Å². The Kier molecular flexibility index (Phi) is 6.76. The molecule has 0 atom stereocenters. The van der Waals surface area contributed by atoms with Crippen molar-refractivity contribution >= 4 is 21.6 Å². The van der Waals surface area contributed by atoms with Crippen LogP contribution in [0.2, 0.25) is 0 Å². The second-order valence-electron chi connectivity index (χ2n) is 6.55. The zero-order valence-electron chi connectivity index (χ0n) is 15.4. The number of nitrogens with one attached hydrogen (secondary N) is 2. The molecule has 0 radical (unpaired) electrons. The summed E-state index contributed by atoms with van der Waals surface area (Å²) >= 11 is 0. The molecule has 0 saturated carbocycles. The Morgan fingerprint density at radius 2 is 1.74 bits per heavy atom. The predicted molar refractivity (Wildman–Crippen MR) is 107 cm³/mol. The van der Waals surface area contributed by atoms with Crippen LogP contribution in [0.15, 0.2) is 67.3 Å². The van der Waals surface area contributed by atoms with Crippen LogP contribution in [0, 0.1) is 0 Å². The molecule has 0 saturated heterocycles. The molecule has 2 N–H and O–H groups in total. The molecule has 0 aliphatic rings. The third-order valence-corrected chi connectivity index (χ3v) is 5.19. The lowest BCUT2D eigenvalue weighted by Crippen LogP contribution is -2.52. The van der Waals surface area contributed by atoms with E-state index in [-0.39, 0.29) is 5.75 Å². The molecule has 27 heavy (non-hydrogen) atoms. The molecule has 2 aromatic rings. The van der Waals surface area contributed by atoms with Gasteiger partial charge in [-0.1, -0.05) is 43.0 Å². The van der Waals surface area contributed by atoms with Crippen molar-refractivity contribution in [3.63, 3.8) is 0 Å². The number of carbonyl (C=O) groups is 1. The van der Waals surface area contributed by atoms with Gasteiger partial charge in [0.15, 0.2) is 0 Å². The van der Waals surface area contributed by atoms with Crippen LogP contribution >= 0.6 is 0 Å². The van der Waals surface area contributed by atoms with E-state index in [2.05, 4.69) is 16.6 Å². The maximum Gasteiger partial charge on any atom is 0.245 e. The van der Waals surface area contributed by atoms with E-state index in [4.69, 9.17) is 4.74 Å². The van der Waals surface area contributed by atoms with Crippen molar-refractivity contribution in [2.45, 2.75) is 25.1 Å². The predicted octanol–water partition coefficient (Wildman–Crippen LogP) is 3.09. The number of sulfonamides is 1. The van der Waals surface area contributed by atoms with E-state index < -0.39 is 21.5 Å². The number of carbonyl (C=O) groups excluding carboxylic acids is 1. The van der Waals surface area contributed by atoms with Gasteiger partial charge in [0.2, 0.25) is 15.9 Å². The SMILES string of the molecule is C=CCOc1ccc(NC(=O)C(C)(C)NS(=O)(=O)Cc2ccccc2)cc1. The quantitative estimate of drug-likeness (QED) is 0.647. The average molecular weight is 388 g/mol. The highest BCUT2D eigenvalue weighted by Crippen LogP contribution is 2.18. The van der Waals surface area contributed by atoms with Gasteiger partial charge in [-0.25, -0.2) is 8.42 Å². The van der Waals surface area contributed by atoms with Crippen LogP contribution in [0.25, 0.3) is 0 Å². The van der Waals surface area contributed by atoms with Crippen molar-refractivity contribution in [3.8, 4) is 5.75 Å². The van der Waals surface area contributed by atoms with Crippen LogP contribution in [0.5, 0.6) is 5.75 Å². The summed E-state index contributed by atoms with van der Waals surface area (Å²) in [4.78, 5) is 12.5. The Morgan fingerprint density at radius 1 is 1.11 bits per heavy atom. The molecule has 0 aromatic heterocycles. The van der Waals surface area contributed by atoms with Crippen molar-refractivity contribution in [2.24, 2.45) is 0 Å². The minimum absolute atomic E-state index is 0.195. The van der Waals surface area contributed by atoms with Crippen LogP contribution in [0.1, 0.15) is 19.4 Å². The third kappa shape index (κ3) is 6.54. The van der Waals surface area contributed by atoms with E-state index in [1.54, 1.807) is 54.6 Å². The molecule has 2 aromatic carbocycles. The van der Waals surface area contributed by atoms with Crippen LogP contribution in [0.3, 0.4) is 0 Å². The summed E-state index contributed by atoms with van der Waals surface area (Å²) in [6, 6.07) is 15.6. The Bertz CT molecular complexity index is 876. The number of ether oxygens (including phenoxy) is 1. The second kappa shape index (κ2) is 8.83. The summed E-state index contributed by atoms with van der Waals surface area (Å²) in [5, 5.41) is 2.71. The Labute approximate surface area is 160 Å². The molecule has 2 rings (SSSR count). The zero-order chi connectivity index (χ0) is 19.9. The van der Waals surface area contributed by atoms with Crippen LogP contribution in [-0.4, -0.2) is 26.5 Å². The van der Waals surface area contributed by atoms with E-state index in [1.165, 1.54) is 13.8 Å². The van der Waals surface area contributed by atoms with Gasteiger partial charge in [0, 0.05) is 5.69 Å². The first kappa shape index (κ1) is 20.7. The standard InChI is InChI=1S/C20H24N2O4S/c1-4-14-26-18-12-10-17(11-13-18)21-19(23)20(2,3)22-27(24,25)15-16-8-6-5-7-9-16/h4-13,22H,1,14-15H2,2-3H3,(H,21,23). The monoisotopic (exact) mass is 388 g/mol. The summed E-state index contributed by atoms with van der Waals surface area (Å²) < 4.78 is 32.7. The smallest absolute Gasteiger partial charge is 0.245 e. The third-order valence-electron chi connectivity index (χ3n) is 3.66. The number of benzene rings is 2. The molecular formula is C20H24N2O4S. The summed E-state index contributed by atoms with van der Waals surface area (Å²) in [6.45, 7) is 7.01. The number of hydrogen-bond donors (Lipinski definition) is 2. The van der Waals surface area contributed by atoms with Crippen molar-refractivity contribution in [3.05, 3.63) is 72.8 Å². The van der Waals surface area contributed by atoms with Gasteiger partial charge in [-0.15, -0.1) is 0 Å². The highest BCUT2D eigenvalue weighted by atomic mass is 32.2. The van der Waals surface area contributed by atoms with Crippen molar-refractivity contribution in [1.29, 1.82) is 0 Å². The summed E-state index contributed by atoms with van der Waals surface area (Å²) in [6.07, 6.45) is 1.64. The molecule has 0 unspecified atom stereocenters. The molecule has 7 heteroatoms. The van der Waals surface area contributed by atoms with Crippen LogP contribution in [-0.2, 0) is 20.6 Å². The summed E-state index contributed by atoms with van der Waals surface area (Å²) in [5.41, 5.74) is -0.122. The summed E-state index contributed by atoms with van der Waals surface area (Å²) in [5.74, 6) is -0.00509. The van der Waals surface area contributed by atoms with Gasteiger partial charge in [0.1, 0.15) is 17.9 Å². The molecule has 0 bridgehead atoms. The van der Waals surface area contributed by atoms with Crippen molar-refractivity contribution in [1.82, 2.24) is 4.72 Å². The molecule has 0 heterocycles. The van der Waals surface area contributed by atoms with Crippen molar-refractivity contribution < 1.29 is 17.9 Å². The fourth-order valence-electron chi connectivity index (χ4n) is 2.34. The lowest BCUT2D eigenvalue weighted by molar-refractivity contribution is -0.120. The molecular weight excluding hydrogens is 364 g/mol. The van der Waals surface area contributed by atoms with Gasteiger partial charge in [0.05, 0.1) is 5.75 Å². The van der Waals surface area contributed by atoms with Gasteiger partial charge in [-0.05, 0) is 43.7 Å². The van der Waals surface area contributed by atoms with E-state index in [0.717, 1.165) is 0 Å². The summed E-state index contributed by atoms with van der Waals surface area (Å²) in [7, 11) is -3.69. The van der Waals surface area contributed by atoms with E-state index in [1.807, 2.05) is 6.07 Å². The maximum absolute atomic E-state index is 12.5. The van der Waals surface area contributed by atoms with Crippen LogP contribution in [0.4, 0.5) is 5.69 Å². The van der Waals surface area contributed by atoms with Gasteiger partial charge < -0.3 is 10.1 Å². The van der Waals surface area contributed by atoms with E-state index in [0.29, 0.717) is 23.6 Å². The Hall–Kier alpha value is -2.64. The van der Waals surface area contributed by atoms with Crippen molar-refractivity contribution in [2.75, 3.05) is 11.9 Å². The second-order valence-corrected chi connectivity index (χ2v) is 8.27.